The van der Waals surface area contributed by atoms with Gasteiger partial charge in [-0.2, -0.15) is 0 Å². The van der Waals surface area contributed by atoms with E-state index < -0.39 is 34.9 Å². The number of ether oxygens (including phenoxy) is 1. The Bertz CT molecular complexity index is 1770. The van der Waals surface area contributed by atoms with Gasteiger partial charge in [0.25, 0.3) is 5.69 Å². The molecule has 0 aromatic heterocycles. The van der Waals surface area contributed by atoms with E-state index in [0.29, 0.717) is 42.9 Å². The first kappa shape index (κ1) is 37.8. The molecule has 0 bridgehead atoms. The van der Waals surface area contributed by atoms with E-state index in [4.69, 9.17) is 9.84 Å². The van der Waals surface area contributed by atoms with Gasteiger partial charge in [0.15, 0.2) is 0 Å². The van der Waals surface area contributed by atoms with Crippen molar-refractivity contribution in [3.8, 4) is 11.5 Å². The fraction of sp³-hybridized carbons (Fsp3) is 0.282. The van der Waals surface area contributed by atoms with E-state index in [1.54, 1.807) is 43.3 Å². The number of non-ortho nitro benzene ring substituents is 1. The summed E-state index contributed by atoms with van der Waals surface area (Å²) < 4.78 is 5.91. The van der Waals surface area contributed by atoms with Crippen molar-refractivity contribution in [1.82, 2.24) is 15.5 Å². The highest BCUT2D eigenvalue weighted by Crippen LogP contribution is 2.31. The molecule has 266 valence electrons. The fourth-order valence-corrected chi connectivity index (χ4v) is 5.54. The van der Waals surface area contributed by atoms with Crippen LogP contribution in [0.15, 0.2) is 109 Å². The number of carboxylic acid groups (broad SMARTS) is 1. The van der Waals surface area contributed by atoms with Crippen molar-refractivity contribution in [2.75, 3.05) is 6.54 Å². The maximum absolute atomic E-state index is 13.8. The smallest absolute Gasteiger partial charge is 0.303 e. The van der Waals surface area contributed by atoms with Crippen LogP contribution >= 0.6 is 0 Å². The molecule has 12 nitrogen and oxygen atoms in total. The Balaban J connectivity index is 0.000000502. The van der Waals surface area contributed by atoms with E-state index in [0.717, 1.165) is 11.1 Å². The molecule has 0 aliphatic carbocycles. The van der Waals surface area contributed by atoms with E-state index in [1.165, 1.54) is 17.0 Å². The second-order valence-electron chi connectivity index (χ2n) is 12.2. The number of carbonyl (C=O) groups is 4. The highest BCUT2D eigenvalue weighted by molar-refractivity contribution is 6.00. The molecule has 1 aliphatic rings. The number of para-hydroxylation sites is 1. The van der Waals surface area contributed by atoms with Gasteiger partial charge >= 0.3 is 5.97 Å². The fourth-order valence-electron chi connectivity index (χ4n) is 5.54. The first-order chi connectivity index (χ1) is 24.5. The predicted octanol–water partition coefficient (Wildman–Crippen LogP) is 6.14. The second kappa shape index (κ2) is 18.6. The molecule has 51 heavy (non-hydrogen) atoms. The average Bonchev–Trinajstić information content (AvgIpc) is 3.12. The number of unbranched alkanes of at least 4 members (excludes halogenated alkanes) is 2. The van der Waals surface area contributed by atoms with Crippen LogP contribution in [0.25, 0.3) is 0 Å². The minimum absolute atomic E-state index is 0.0738. The summed E-state index contributed by atoms with van der Waals surface area (Å²) in [5, 5.41) is 24.6. The first-order valence-electron chi connectivity index (χ1n) is 16.7. The molecule has 4 aromatic rings. The molecule has 1 fully saturated rings. The van der Waals surface area contributed by atoms with Gasteiger partial charge < -0.3 is 25.4 Å². The Morgan fingerprint density at radius 3 is 2.10 bits per heavy atom. The van der Waals surface area contributed by atoms with Crippen LogP contribution < -0.4 is 15.4 Å². The Labute approximate surface area is 296 Å². The number of carbonyl (C=O) groups excluding carboxylic acids is 3. The average molecular weight is 695 g/mol. The van der Waals surface area contributed by atoms with Crippen molar-refractivity contribution in [2.24, 2.45) is 0 Å². The van der Waals surface area contributed by atoms with Gasteiger partial charge in [-0.3, -0.25) is 29.3 Å². The molecule has 1 aliphatic heterocycles. The van der Waals surface area contributed by atoms with Crippen LogP contribution in [0.4, 0.5) is 5.69 Å². The van der Waals surface area contributed by atoms with Crippen LogP contribution in [0.2, 0.25) is 0 Å². The molecule has 4 aromatic carbocycles. The van der Waals surface area contributed by atoms with Crippen molar-refractivity contribution in [3.63, 3.8) is 0 Å². The third kappa shape index (κ3) is 11.2. The standard InChI is InChI=1S/C32H35N3O6.C7H7NO2/c1-22-32(40)35(27(30(38)34-22)21-23-11-5-2-6-12-23)29(31(39)33-20-10-4-9-15-28(36)37)24-16-18-26(19-17-24)41-25-13-7-3-8-14-25;1-6-2-4-7(5-3-6)8(9)10/h2-3,5-8,11-14,16-19,22,27,29H,4,9-10,15,20-21H2,1H3,(H,33,39)(H,34,38)(H,36,37);2-5H,1H3/t22-,27-,29?;/m0./s1. The minimum Gasteiger partial charge on any atom is -0.481 e. The zero-order valence-electron chi connectivity index (χ0n) is 28.6. The molecule has 3 atom stereocenters. The maximum atomic E-state index is 13.8. The SMILES string of the molecule is C[C@@H]1NC(=O)[C@H](Cc2ccccc2)N(C(C(=O)NCCCCCC(=O)O)c2ccc(Oc3ccccc3)cc2)C1=O.Cc1ccc([N+](=O)[O-])cc1. The number of hydrogen-bond acceptors (Lipinski definition) is 7. The predicted molar refractivity (Wildman–Crippen MR) is 191 cm³/mol. The molecule has 12 heteroatoms. The van der Waals surface area contributed by atoms with Gasteiger partial charge in [0.05, 0.1) is 4.92 Å². The maximum Gasteiger partial charge on any atom is 0.303 e. The Morgan fingerprint density at radius 2 is 1.49 bits per heavy atom. The lowest BCUT2D eigenvalue weighted by Crippen LogP contribution is -2.65. The highest BCUT2D eigenvalue weighted by Gasteiger charge is 2.45. The van der Waals surface area contributed by atoms with Crippen molar-refractivity contribution in [1.29, 1.82) is 0 Å². The number of piperazine rings is 1. The lowest BCUT2D eigenvalue weighted by atomic mass is 9.94. The largest absolute Gasteiger partial charge is 0.481 e. The van der Waals surface area contributed by atoms with Gasteiger partial charge in [0.1, 0.15) is 29.6 Å². The van der Waals surface area contributed by atoms with Gasteiger partial charge in [0.2, 0.25) is 17.7 Å². The molecular weight excluding hydrogens is 652 g/mol. The van der Waals surface area contributed by atoms with Crippen molar-refractivity contribution in [2.45, 2.75) is 64.1 Å². The van der Waals surface area contributed by atoms with Crippen LogP contribution in [-0.2, 0) is 25.6 Å². The van der Waals surface area contributed by atoms with Gasteiger partial charge in [-0.25, -0.2) is 0 Å². The molecule has 0 radical (unpaired) electrons. The van der Waals surface area contributed by atoms with Crippen LogP contribution in [0.3, 0.4) is 0 Å². The molecule has 1 heterocycles. The number of aryl methyl sites for hydroxylation is 1. The number of carboxylic acids is 1. The Morgan fingerprint density at radius 1 is 0.882 bits per heavy atom. The second-order valence-corrected chi connectivity index (χ2v) is 12.2. The number of aliphatic carboxylic acids is 1. The van der Waals surface area contributed by atoms with Crippen molar-refractivity contribution < 1.29 is 33.9 Å². The zero-order valence-corrected chi connectivity index (χ0v) is 28.6. The number of nitrogens with zero attached hydrogens (tertiary/aromatic N) is 2. The van der Waals surface area contributed by atoms with E-state index in [-0.39, 0.29) is 30.3 Å². The van der Waals surface area contributed by atoms with Crippen LogP contribution in [-0.4, -0.2) is 57.2 Å². The number of rotatable bonds is 14. The molecule has 3 amide bonds. The topological polar surface area (TPSA) is 168 Å². The number of hydrogen-bond donors (Lipinski definition) is 3. The van der Waals surface area contributed by atoms with E-state index in [1.807, 2.05) is 67.6 Å². The number of amides is 3. The van der Waals surface area contributed by atoms with Crippen LogP contribution in [0, 0.1) is 17.0 Å². The van der Waals surface area contributed by atoms with Crippen LogP contribution in [0.5, 0.6) is 11.5 Å². The molecule has 1 saturated heterocycles. The molecule has 5 rings (SSSR count). The molecule has 0 saturated carbocycles. The molecule has 3 N–H and O–H groups in total. The van der Waals surface area contributed by atoms with Crippen molar-refractivity contribution in [3.05, 3.63) is 136 Å². The summed E-state index contributed by atoms with van der Waals surface area (Å²) in [6.45, 7) is 3.82. The van der Waals surface area contributed by atoms with Gasteiger partial charge in [-0.15, -0.1) is 0 Å². The Hall–Kier alpha value is -6.04. The van der Waals surface area contributed by atoms with Gasteiger partial charge in [-0.1, -0.05) is 84.8 Å². The van der Waals surface area contributed by atoms with Gasteiger partial charge in [0, 0.05) is 31.5 Å². The summed E-state index contributed by atoms with van der Waals surface area (Å²) in [4.78, 5) is 62.6. The van der Waals surface area contributed by atoms with Crippen LogP contribution in [0.1, 0.15) is 55.3 Å². The van der Waals surface area contributed by atoms with Gasteiger partial charge in [-0.05, 0) is 62.1 Å². The summed E-state index contributed by atoms with van der Waals surface area (Å²) >= 11 is 0. The number of benzene rings is 4. The summed E-state index contributed by atoms with van der Waals surface area (Å²) in [5.41, 5.74) is 2.59. The third-order valence-electron chi connectivity index (χ3n) is 8.21. The molecular formula is C39H42N4O8. The van der Waals surface area contributed by atoms with E-state index >= 15 is 0 Å². The van der Waals surface area contributed by atoms with Crippen molar-refractivity contribution >= 4 is 29.4 Å². The normalized spacial score (nSPS) is 15.8. The molecule has 1 unspecified atom stereocenters. The highest BCUT2D eigenvalue weighted by atomic mass is 16.6. The monoisotopic (exact) mass is 694 g/mol. The Kier molecular flexibility index (Phi) is 13.8. The quantitative estimate of drug-likeness (QED) is 0.0803. The van der Waals surface area contributed by atoms with E-state index in [2.05, 4.69) is 10.6 Å². The summed E-state index contributed by atoms with van der Waals surface area (Å²) in [6, 6.07) is 29.3. The third-order valence-corrected chi connectivity index (χ3v) is 8.21. The molecule has 0 spiro atoms. The summed E-state index contributed by atoms with van der Waals surface area (Å²) in [7, 11) is 0. The number of nitrogens with one attached hydrogen (secondary N) is 2. The number of nitro benzene ring substituents is 1. The minimum atomic E-state index is -1.06. The first-order valence-corrected chi connectivity index (χ1v) is 16.7. The number of nitro groups is 1. The lowest BCUT2D eigenvalue weighted by molar-refractivity contribution is -0.384. The summed E-state index contributed by atoms with van der Waals surface area (Å²) in [6.07, 6.45) is 2.07. The lowest BCUT2D eigenvalue weighted by Gasteiger charge is -2.42. The zero-order chi connectivity index (χ0) is 36.8. The summed E-state index contributed by atoms with van der Waals surface area (Å²) in [5.74, 6) is -0.706. The van der Waals surface area contributed by atoms with E-state index in [9.17, 15) is 29.3 Å².